The Morgan fingerprint density at radius 1 is 1.21 bits per heavy atom. The summed E-state index contributed by atoms with van der Waals surface area (Å²) >= 11 is 3.35. The van der Waals surface area contributed by atoms with Gasteiger partial charge in [0.25, 0.3) is 5.95 Å². The minimum Gasteiger partial charge on any atom is -0.496 e. The normalized spacial score (nSPS) is 16.5. The standard InChI is InChI=1S/C28H35BrN4O8S/c1-5-40-27(35)17-23(21-7-8-24-28(18(21)2)30-31-32(24)13-15-39-14-11-29)20-6-9-25(38-4)22(16-20)19(3)33-12-10-26(34)41-42(33,36)37/h6-10,16,19,23,34H,5,11-15,17H2,1-4H3/t19-,23?/m1/s1. The Morgan fingerprint density at radius 2 is 2.00 bits per heavy atom. The number of aliphatic hydroxyl groups excluding tert-OH is 1. The molecule has 1 unspecified atom stereocenters. The zero-order valence-electron chi connectivity index (χ0n) is 23.9. The van der Waals surface area contributed by atoms with Gasteiger partial charge in [-0.3, -0.25) is 4.79 Å². The second kappa shape index (κ2) is 13.8. The molecule has 1 aliphatic rings. The van der Waals surface area contributed by atoms with E-state index in [9.17, 15) is 18.3 Å². The molecular formula is C28H35BrN4O8S. The fourth-order valence-electron chi connectivity index (χ4n) is 5.08. The Hall–Kier alpha value is -3.20. The molecule has 228 valence electrons. The molecule has 0 aliphatic carbocycles. The predicted molar refractivity (Wildman–Crippen MR) is 159 cm³/mol. The SMILES string of the molecule is CCOC(=O)CC(c1ccc(OC)c([C@@H](C)N2CC=C(O)OS2(=O)=O)c1)c1ccc2c(nnn2CCOCCBr)c1C. The number of aliphatic hydroxyl groups is 1. The Morgan fingerprint density at radius 3 is 2.69 bits per heavy atom. The van der Waals surface area contributed by atoms with Crippen LogP contribution in [0, 0.1) is 6.92 Å². The lowest BCUT2D eigenvalue weighted by Crippen LogP contribution is -2.38. The third-order valence-electron chi connectivity index (χ3n) is 7.16. The van der Waals surface area contributed by atoms with Gasteiger partial charge in [-0.15, -0.1) is 5.10 Å². The van der Waals surface area contributed by atoms with Crippen LogP contribution >= 0.6 is 15.9 Å². The Kier molecular flexibility index (Phi) is 10.5. The van der Waals surface area contributed by atoms with Crippen LogP contribution in [0.15, 0.2) is 42.4 Å². The molecular weight excluding hydrogens is 632 g/mol. The second-order valence-electron chi connectivity index (χ2n) is 9.65. The first-order chi connectivity index (χ1) is 20.1. The number of rotatable bonds is 13. The van der Waals surface area contributed by atoms with Gasteiger partial charge in [-0.2, -0.15) is 12.7 Å². The summed E-state index contributed by atoms with van der Waals surface area (Å²) in [7, 11) is -2.74. The number of esters is 1. The van der Waals surface area contributed by atoms with E-state index in [1.54, 1.807) is 24.6 Å². The first kappa shape index (κ1) is 31.7. The van der Waals surface area contributed by atoms with E-state index in [0.717, 1.165) is 31.8 Å². The van der Waals surface area contributed by atoms with Crippen molar-refractivity contribution in [3.63, 3.8) is 0 Å². The van der Waals surface area contributed by atoms with Gasteiger partial charge < -0.3 is 23.5 Å². The highest BCUT2D eigenvalue weighted by Gasteiger charge is 2.35. The molecule has 1 aliphatic heterocycles. The maximum Gasteiger partial charge on any atom is 0.388 e. The average molecular weight is 668 g/mol. The van der Waals surface area contributed by atoms with Gasteiger partial charge in [-0.25, -0.2) is 4.68 Å². The molecule has 12 nitrogen and oxygen atoms in total. The molecule has 14 heteroatoms. The molecule has 42 heavy (non-hydrogen) atoms. The van der Waals surface area contributed by atoms with Crippen molar-refractivity contribution in [2.75, 3.05) is 38.8 Å². The van der Waals surface area contributed by atoms with Crippen LogP contribution in [-0.4, -0.2) is 77.6 Å². The Balaban J connectivity index is 1.76. The Labute approximate surface area is 253 Å². The zero-order chi connectivity index (χ0) is 30.4. The van der Waals surface area contributed by atoms with Gasteiger partial charge in [0.1, 0.15) is 11.3 Å². The van der Waals surface area contributed by atoms with E-state index < -0.39 is 28.2 Å². The van der Waals surface area contributed by atoms with Crippen LogP contribution in [-0.2, 0) is 35.3 Å². The van der Waals surface area contributed by atoms with Crippen molar-refractivity contribution in [2.24, 2.45) is 0 Å². The molecule has 1 N–H and O–H groups in total. The van der Waals surface area contributed by atoms with Crippen molar-refractivity contribution in [2.45, 2.75) is 45.7 Å². The van der Waals surface area contributed by atoms with Crippen LogP contribution in [0.4, 0.5) is 0 Å². The highest BCUT2D eigenvalue weighted by atomic mass is 79.9. The lowest BCUT2D eigenvalue weighted by atomic mass is 9.84. The van der Waals surface area contributed by atoms with Gasteiger partial charge in [-0.05, 0) is 55.7 Å². The maximum atomic E-state index is 12.8. The molecule has 0 spiro atoms. The van der Waals surface area contributed by atoms with E-state index in [4.69, 9.17) is 18.4 Å². The summed E-state index contributed by atoms with van der Waals surface area (Å²) in [6.45, 7) is 7.21. The van der Waals surface area contributed by atoms with Gasteiger partial charge in [-0.1, -0.05) is 33.3 Å². The number of alkyl halides is 1. The summed E-state index contributed by atoms with van der Waals surface area (Å²) in [4.78, 5) is 12.8. The topological polar surface area (TPSA) is 142 Å². The van der Waals surface area contributed by atoms with E-state index in [1.807, 2.05) is 31.2 Å². The molecule has 2 aromatic carbocycles. The van der Waals surface area contributed by atoms with Crippen molar-refractivity contribution in [3.05, 3.63) is 64.6 Å². The number of hydrogen-bond donors (Lipinski definition) is 1. The predicted octanol–water partition coefficient (Wildman–Crippen LogP) is 4.28. The number of aryl methyl sites for hydroxylation is 1. The number of benzene rings is 2. The summed E-state index contributed by atoms with van der Waals surface area (Å²) in [5.41, 5.74) is 4.63. The first-order valence-corrected chi connectivity index (χ1v) is 16.0. The molecule has 0 radical (unpaired) electrons. The van der Waals surface area contributed by atoms with Gasteiger partial charge in [0.2, 0.25) is 0 Å². The molecule has 3 aromatic rings. The minimum atomic E-state index is -4.24. The fraction of sp³-hybridized carbons (Fsp3) is 0.464. The third kappa shape index (κ3) is 6.88. The van der Waals surface area contributed by atoms with Gasteiger partial charge in [0, 0.05) is 29.4 Å². The lowest BCUT2D eigenvalue weighted by Gasteiger charge is -2.30. The van der Waals surface area contributed by atoms with Gasteiger partial charge >= 0.3 is 16.3 Å². The van der Waals surface area contributed by atoms with Crippen molar-refractivity contribution in [1.82, 2.24) is 19.3 Å². The van der Waals surface area contributed by atoms with Crippen molar-refractivity contribution < 1.29 is 36.7 Å². The van der Waals surface area contributed by atoms with Crippen molar-refractivity contribution in [3.8, 4) is 5.75 Å². The fourth-order valence-corrected chi connectivity index (χ4v) is 6.45. The number of fused-ring (bicyclic) bond motifs is 1. The summed E-state index contributed by atoms with van der Waals surface area (Å²) in [6, 6.07) is 8.62. The first-order valence-electron chi connectivity index (χ1n) is 13.5. The summed E-state index contributed by atoms with van der Waals surface area (Å²) in [6.07, 6.45) is 1.33. The largest absolute Gasteiger partial charge is 0.496 e. The van der Waals surface area contributed by atoms with Crippen LogP contribution in [0.3, 0.4) is 0 Å². The molecule has 0 fully saturated rings. The quantitative estimate of drug-likeness (QED) is 0.160. The van der Waals surface area contributed by atoms with E-state index in [1.165, 1.54) is 13.2 Å². The number of carbonyl (C=O) groups excluding carboxylic acids is 1. The van der Waals surface area contributed by atoms with Crippen molar-refractivity contribution >= 4 is 43.2 Å². The number of nitrogens with zero attached hydrogens (tertiary/aromatic N) is 4. The lowest BCUT2D eigenvalue weighted by molar-refractivity contribution is -0.143. The van der Waals surface area contributed by atoms with Crippen LogP contribution in [0.25, 0.3) is 11.0 Å². The maximum absolute atomic E-state index is 12.8. The molecule has 0 saturated carbocycles. The van der Waals surface area contributed by atoms with Crippen LogP contribution < -0.4 is 4.74 Å². The van der Waals surface area contributed by atoms with E-state index >= 15 is 0 Å². The van der Waals surface area contributed by atoms with Crippen molar-refractivity contribution in [1.29, 1.82) is 0 Å². The second-order valence-corrected chi connectivity index (χ2v) is 11.9. The van der Waals surface area contributed by atoms with Crippen LogP contribution in [0.1, 0.15) is 54.5 Å². The number of ether oxygens (including phenoxy) is 3. The molecule has 2 heterocycles. The van der Waals surface area contributed by atoms with Crippen LogP contribution in [0.2, 0.25) is 0 Å². The number of methoxy groups -OCH3 is 1. The molecule has 0 bridgehead atoms. The summed E-state index contributed by atoms with van der Waals surface area (Å²) in [5, 5.41) is 19.1. The van der Waals surface area contributed by atoms with Gasteiger partial charge in [0.15, 0.2) is 0 Å². The summed E-state index contributed by atoms with van der Waals surface area (Å²) in [5.74, 6) is -1.00. The zero-order valence-corrected chi connectivity index (χ0v) is 26.4. The monoisotopic (exact) mass is 666 g/mol. The highest BCUT2D eigenvalue weighted by molar-refractivity contribution is 9.09. The van der Waals surface area contributed by atoms with E-state index in [0.29, 0.717) is 36.6 Å². The molecule has 1 aromatic heterocycles. The third-order valence-corrected chi connectivity index (χ3v) is 8.91. The molecule has 4 rings (SSSR count). The number of carbonyl (C=O) groups is 1. The number of halogens is 1. The number of aromatic nitrogens is 3. The van der Waals surface area contributed by atoms with E-state index in [-0.39, 0.29) is 25.5 Å². The minimum absolute atomic E-state index is 0.0522. The summed E-state index contributed by atoms with van der Waals surface area (Å²) < 4.78 is 49.5. The molecule has 0 amide bonds. The smallest absolute Gasteiger partial charge is 0.388 e. The van der Waals surface area contributed by atoms with E-state index in [2.05, 4.69) is 26.2 Å². The average Bonchev–Trinajstić information content (AvgIpc) is 3.37. The Bertz CT molecular complexity index is 1560. The molecule has 0 saturated heterocycles. The molecule has 2 atom stereocenters. The number of hydrogen-bond acceptors (Lipinski definition) is 10. The van der Waals surface area contributed by atoms with Crippen LogP contribution in [0.5, 0.6) is 5.75 Å². The van der Waals surface area contributed by atoms with Gasteiger partial charge in [0.05, 0.1) is 51.5 Å². The highest BCUT2D eigenvalue weighted by Crippen LogP contribution is 2.39.